The van der Waals surface area contributed by atoms with Gasteiger partial charge in [0.25, 0.3) is 0 Å². The maximum Gasteiger partial charge on any atom is 0.412 e. The maximum atomic E-state index is 12.2. The third-order valence-electron chi connectivity index (χ3n) is 4.25. The van der Waals surface area contributed by atoms with E-state index in [4.69, 9.17) is 16.3 Å². The third-order valence-corrected chi connectivity index (χ3v) is 4.50. The molecule has 7 heteroatoms. The van der Waals surface area contributed by atoms with Gasteiger partial charge in [-0.25, -0.2) is 9.78 Å². The molecule has 0 radical (unpaired) electrons. The van der Waals surface area contributed by atoms with Gasteiger partial charge < -0.3 is 14.6 Å². The monoisotopic (exact) mass is 392 g/mol. The quantitative estimate of drug-likeness (QED) is 0.545. The van der Waals surface area contributed by atoms with Crippen molar-refractivity contribution >= 4 is 28.7 Å². The van der Waals surface area contributed by atoms with Gasteiger partial charge in [-0.2, -0.15) is 0 Å². The third kappa shape index (κ3) is 4.13. The molecule has 0 unspecified atom stereocenters. The van der Waals surface area contributed by atoms with E-state index in [2.05, 4.69) is 15.3 Å². The normalized spacial score (nSPS) is 10.8. The number of fused-ring (bicyclic) bond motifs is 1. The second-order valence-electron chi connectivity index (χ2n) is 6.22. The van der Waals surface area contributed by atoms with Gasteiger partial charge in [-0.3, -0.25) is 4.98 Å². The van der Waals surface area contributed by atoms with E-state index < -0.39 is 6.09 Å². The topological polar surface area (TPSA) is 69.0 Å². The smallest absolute Gasteiger partial charge is 0.408 e. The lowest BCUT2D eigenvalue weighted by molar-refractivity contribution is 0.200. The molecule has 4 aromatic rings. The maximum absolute atomic E-state index is 12.2. The fraction of sp³-hybridized carbons (Fsp3) is 0.0952. The molecule has 0 atom stereocenters. The van der Waals surface area contributed by atoms with E-state index in [1.807, 2.05) is 53.1 Å². The van der Waals surface area contributed by atoms with Gasteiger partial charge in [-0.05, 0) is 47.5 Å². The predicted molar refractivity (Wildman–Crippen MR) is 107 cm³/mol. The predicted octanol–water partition coefficient (Wildman–Crippen LogP) is 4.42. The van der Waals surface area contributed by atoms with Crippen molar-refractivity contribution in [3.63, 3.8) is 0 Å². The highest BCUT2D eigenvalue weighted by Crippen LogP contribution is 2.27. The van der Waals surface area contributed by atoms with Crippen molar-refractivity contribution in [2.75, 3.05) is 0 Å². The summed E-state index contributed by atoms with van der Waals surface area (Å²) in [6.07, 6.45) is 6.34. The molecule has 28 heavy (non-hydrogen) atoms. The lowest BCUT2D eigenvalue weighted by atomic mass is 10.2. The molecule has 0 saturated heterocycles. The number of nitrogens with one attached hydrogen (secondary N) is 1. The van der Waals surface area contributed by atoms with Crippen LogP contribution in [0.4, 0.5) is 4.79 Å². The number of rotatable bonds is 5. The highest BCUT2D eigenvalue weighted by Gasteiger charge is 2.14. The van der Waals surface area contributed by atoms with Crippen molar-refractivity contribution in [3.05, 3.63) is 89.5 Å². The molecule has 1 aromatic carbocycles. The van der Waals surface area contributed by atoms with Crippen LogP contribution in [0.15, 0.2) is 73.3 Å². The first kappa shape index (κ1) is 18.0. The van der Waals surface area contributed by atoms with Gasteiger partial charge in [0.1, 0.15) is 5.65 Å². The molecule has 3 heterocycles. The number of nitrogens with zero attached hydrogens (tertiary/aromatic N) is 3. The summed E-state index contributed by atoms with van der Waals surface area (Å²) in [6.45, 7) is 0.954. The molecule has 0 spiro atoms. The Hall–Kier alpha value is -3.38. The summed E-state index contributed by atoms with van der Waals surface area (Å²) in [6, 6.07) is 15.0. The minimum Gasteiger partial charge on any atom is -0.408 e. The van der Waals surface area contributed by atoms with Gasteiger partial charge in [-0.15, -0.1) is 0 Å². The van der Waals surface area contributed by atoms with Crippen LogP contribution in [0.5, 0.6) is 5.75 Å². The van der Waals surface area contributed by atoms with Gasteiger partial charge in [0.05, 0.1) is 5.39 Å². The van der Waals surface area contributed by atoms with E-state index in [1.54, 1.807) is 24.8 Å². The van der Waals surface area contributed by atoms with Crippen LogP contribution in [0.3, 0.4) is 0 Å². The molecule has 4 rings (SSSR count). The molecule has 1 N–H and O–H groups in total. The number of ether oxygens (including phenoxy) is 1. The van der Waals surface area contributed by atoms with Crippen LogP contribution in [0, 0.1) is 0 Å². The van der Waals surface area contributed by atoms with Crippen molar-refractivity contribution < 1.29 is 9.53 Å². The minimum atomic E-state index is -0.522. The van der Waals surface area contributed by atoms with Crippen LogP contribution in [-0.2, 0) is 13.1 Å². The molecule has 0 aliphatic rings. The van der Waals surface area contributed by atoms with Crippen molar-refractivity contribution in [1.82, 2.24) is 19.9 Å². The highest BCUT2D eigenvalue weighted by atomic mass is 35.5. The van der Waals surface area contributed by atoms with E-state index in [0.717, 1.165) is 22.2 Å². The van der Waals surface area contributed by atoms with E-state index in [0.29, 0.717) is 23.9 Å². The van der Waals surface area contributed by atoms with Crippen molar-refractivity contribution in [2.24, 2.45) is 0 Å². The van der Waals surface area contributed by atoms with Crippen LogP contribution >= 0.6 is 11.6 Å². The van der Waals surface area contributed by atoms with Crippen LogP contribution < -0.4 is 10.1 Å². The SMILES string of the molecule is O=C(NCc1ccncc1)Oc1cn(Cc2ccc(Cl)cc2)c2ncccc12. The zero-order valence-electron chi connectivity index (χ0n) is 14.9. The molecule has 0 bridgehead atoms. The van der Waals surface area contributed by atoms with Crippen molar-refractivity contribution in [1.29, 1.82) is 0 Å². The molecule has 3 aromatic heterocycles. The second kappa shape index (κ2) is 8.10. The van der Waals surface area contributed by atoms with Crippen LogP contribution in [0.25, 0.3) is 11.0 Å². The first-order chi connectivity index (χ1) is 13.7. The lowest BCUT2D eigenvalue weighted by Crippen LogP contribution is -2.26. The molecule has 0 aliphatic carbocycles. The molecule has 140 valence electrons. The van der Waals surface area contributed by atoms with Gasteiger partial charge in [0.15, 0.2) is 5.75 Å². The number of pyridine rings is 2. The number of aromatic nitrogens is 3. The fourth-order valence-corrected chi connectivity index (χ4v) is 3.02. The average Bonchev–Trinajstić information content (AvgIpc) is 3.06. The number of benzene rings is 1. The Morgan fingerprint density at radius 3 is 2.61 bits per heavy atom. The number of carbonyl (C=O) groups excluding carboxylic acids is 1. The summed E-state index contributed by atoms with van der Waals surface area (Å²) in [4.78, 5) is 20.6. The molecule has 6 nitrogen and oxygen atoms in total. The van der Waals surface area contributed by atoms with E-state index in [9.17, 15) is 4.79 Å². The molecule has 0 saturated carbocycles. The first-order valence-corrected chi connectivity index (χ1v) is 9.10. The van der Waals surface area contributed by atoms with Gasteiger partial charge in [-0.1, -0.05) is 23.7 Å². The molecular formula is C21H17ClN4O2. The molecule has 0 aliphatic heterocycles. The van der Waals surface area contributed by atoms with Crippen molar-refractivity contribution in [3.8, 4) is 5.75 Å². The summed E-state index contributed by atoms with van der Waals surface area (Å²) in [5.74, 6) is 0.462. The summed E-state index contributed by atoms with van der Waals surface area (Å²) in [5.41, 5.74) is 2.76. The zero-order chi connectivity index (χ0) is 19.3. The lowest BCUT2D eigenvalue weighted by Gasteiger charge is -2.05. The summed E-state index contributed by atoms with van der Waals surface area (Å²) in [7, 11) is 0. The summed E-state index contributed by atoms with van der Waals surface area (Å²) < 4.78 is 7.49. The van der Waals surface area contributed by atoms with Crippen LogP contribution in [0.1, 0.15) is 11.1 Å². The molecule has 0 fully saturated rings. The Balaban J connectivity index is 1.52. The van der Waals surface area contributed by atoms with Gasteiger partial charge in [0.2, 0.25) is 0 Å². The first-order valence-electron chi connectivity index (χ1n) is 8.72. The minimum absolute atomic E-state index is 0.364. The Morgan fingerprint density at radius 1 is 1.04 bits per heavy atom. The van der Waals surface area contributed by atoms with Gasteiger partial charge >= 0.3 is 6.09 Å². The number of halogens is 1. The summed E-state index contributed by atoms with van der Waals surface area (Å²) in [5, 5.41) is 4.21. The Kier molecular flexibility index (Phi) is 5.21. The average molecular weight is 393 g/mol. The second-order valence-corrected chi connectivity index (χ2v) is 6.66. The van der Waals surface area contributed by atoms with E-state index in [-0.39, 0.29) is 0 Å². The van der Waals surface area contributed by atoms with Crippen molar-refractivity contribution in [2.45, 2.75) is 13.1 Å². The number of hydrogen-bond donors (Lipinski definition) is 1. The molecular weight excluding hydrogens is 376 g/mol. The molecule has 1 amide bonds. The van der Waals surface area contributed by atoms with E-state index in [1.165, 1.54) is 0 Å². The fourth-order valence-electron chi connectivity index (χ4n) is 2.89. The Bertz CT molecular complexity index is 1090. The Labute approximate surface area is 166 Å². The zero-order valence-corrected chi connectivity index (χ0v) is 15.6. The number of carbonyl (C=O) groups is 1. The standard InChI is InChI=1S/C21H17ClN4O2/c22-17-5-3-16(4-6-17)13-26-14-19(18-2-1-9-24-20(18)26)28-21(27)25-12-15-7-10-23-11-8-15/h1-11,14H,12-13H2,(H,25,27). The number of amides is 1. The number of hydrogen-bond acceptors (Lipinski definition) is 4. The van der Waals surface area contributed by atoms with Gasteiger partial charge in [0, 0.05) is 42.9 Å². The van der Waals surface area contributed by atoms with Crippen LogP contribution in [-0.4, -0.2) is 20.6 Å². The highest BCUT2D eigenvalue weighted by molar-refractivity contribution is 6.30. The Morgan fingerprint density at radius 2 is 1.82 bits per heavy atom. The summed E-state index contributed by atoms with van der Waals surface area (Å²) >= 11 is 5.96. The van der Waals surface area contributed by atoms with E-state index >= 15 is 0 Å². The van der Waals surface area contributed by atoms with Crippen LogP contribution in [0.2, 0.25) is 5.02 Å². The largest absolute Gasteiger partial charge is 0.412 e.